The zero-order chi connectivity index (χ0) is 13.6. The van der Waals surface area contributed by atoms with Gasteiger partial charge in [-0.2, -0.15) is 0 Å². The molecule has 1 aromatic carbocycles. The molecule has 0 aliphatic carbocycles. The van der Waals surface area contributed by atoms with E-state index < -0.39 is 0 Å². The topological polar surface area (TPSA) is 22.0 Å². The van der Waals surface area contributed by atoms with Crippen molar-refractivity contribution in [2.24, 2.45) is 7.05 Å². The second-order valence-corrected chi connectivity index (χ2v) is 5.82. The maximum absolute atomic E-state index is 12.6. The number of aromatic nitrogens is 1. The number of para-hydroxylation sites is 1. The Balaban J connectivity index is 2.20. The van der Waals surface area contributed by atoms with Crippen LogP contribution in [-0.2, 0) is 7.05 Å². The Morgan fingerprint density at radius 1 is 1.32 bits per heavy atom. The van der Waals surface area contributed by atoms with Crippen LogP contribution >= 0.6 is 22.9 Å². The minimum absolute atomic E-state index is 0.0000926. The molecular formula is C15H12ClNOS. The molecule has 0 unspecified atom stereocenters. The second kappa shape index (κ2) is 4.51. The smallest absolute Gasteiger partial charge is 0.206 e. The van der Waals surface area contributed by atoms with Crippen molar-refractivity contribution in [3.63, 3.8) is 0 Å². The van der Waals surface area contributed by atoms with E-state index in [1.54, 1.807) is 0 Å². The molecule has 0 saturated carbocycles. The molecule has 19 heavy (non-hydrogen) atoms. The minimum Gasteiger partial charge on any atom is -0.350 e. The molecule has 2 heterocycles. The number of carbonyl (C=O) groups excluding carboxylic acids is 1. The van der Waals surface area contributed by atoms with Crippen LogP contribution in [0.4, 0.5) is 0 Å². The number of hydrogen-bond acceptors (Lipinski definition) is 2. The molecule has 0 aliphatic heterocycles. The Morgan fingerprint density at radius 3 is 2.74 bits per heavy atom. The molecule has 4 heteroatoms. The molecule has 0 radical (unpaired) electrons. The van der Waals surface area contributed by atoms with Gasteiger partial charge in [0.15, 0.2) is 0 Å². The SMILES string of the molecule is Cc1csc(C(=O)c2cn(C)c3ccccc23)c1Cl. The fourth-order valence-corrected chi connectivity index (χ4v) is 3.46. The van der Waals surface area contributed by atoms with Crippen LogP contribution in [0.1, 0.15) is 20.8 Å². The van der Waals surface area contributed by atoms with E-state index in [1.807, 2.05) is 54.4 Å². The van der Waals surface area contributed by atoms with Crippen LogP contribution in [-0.4, -0.2) is 10.4 Å². The van der Waals surface area contributed by atoms with E-state index in [4.69, 9.17) is 11.6 Å². The van der Waals surface area contributed by atoms with Gasteiger partial charge < -0.3 is 4.57 Å². The molecule has 0 saturated heterocycles. The molecule has 0 spiro atoms. The Hall–Kier alpha value is -1.58. The maximum atomic E-state index is 12.6. The Kier molecular flexibility index (Phi) is 2.96. The summed E-state index contributed by atoms with van der Waals surface area (Å²) in [5, 5.41) is 3.46. The number of thiophene rings is 1. The lowest BCUT2D eigenvalue weighted by Gasteiger charge is -1.97. The highest BCUT2D eigenvalue weighted by atomic mass is 35.5. The van der Waals surface area contributed by atoms with Gasteiger partial charge in [-0.1, -0.05) is 29.8 Å². The Morgan fingerprint density at radius 2 is 2.05 bits per heavy atom. The maximum Gasteiger partial charge on any atom is 0.206 e. The zero-order valence-corrected chi connectivity index (χ0v) is 12.2. The third-order valence-electron chi connectivity index (χ3n) is 3.25. The lowest BCUT2D eigenvalue weighted by atomic mass is 10.1. The fourth-order valence-electron chi connectivity index (χ4n) is 2.23. The molecule has 2 aromatic heterocycles. The molecule has 3 aromatic rings. The van der Waals surface area contributed by atoms with Crippen molar-refractivity contribution < 1.29 is 4.79 Å². The summed E-state index contributed by atoms with van der Waals surface area (Å²) in [6, 6.07) is 7.89. The molecule has 0 bridgehead atoms. The molecule has 3 rings (SSSR count). The van der Waals surface area contributed by atoms with Crippen LogP contribution in [0.15, 0.2) is 35.8 Å². The van der Waals surface area contributed by atoms with Crippen LogP contribution in [0.3, 0.4) is 0 Å². The zero-order valence-electron chi connectivity index (χ0n) is 10.6. The number of nitrogens with zero attached hydrogens (tertiary/aromatic N) is 1. The summed E-state index contributed by atoms with van der Waals surface area (Å²) in [4.78, 5) is 13.2. The summed E-state index contributed by atoms with van der Waals surface area (Å²) in [7, 11) is 1.94. The number of hydrogen-bond donors (Lipinski definition) is 0. The minimum atomic E-state index is -0.0000926. The van der Waals surface area contributed by atoms with Gasteiger partial charge in [-0.05, 0) is 23.9 Å². The van der Waals surface area contributed by atoms with Crippen molar-refractivity contribution in [1.29, 1.82) is 0 Å². The molecule has 0 fully saturated rings. The van der Waals surface area contributed by atoms with E-state index in [9.17, 15) is 4.79 Å². The van der Waals surface area contributed by atoms with Gasteiger partial charge in [-0.25, -0.2) is 0 Å². The summed E-state index contributed by atoms with van der Waals surface area (Å²) in [6.45, 7) is 1.92. The van der Waals surface area contributed by atoms with E-state index >= 15 is 0 Å². The first-order chi connectivity index (χ1) is 9.09. The predicted octanol–water partition coefficient (Wildman–Crippen LogP) is 4.43. The van der Waals surface area contributed by atoms with Gasteiger partial charge in [0.2, 0.25) is 5.78 Å². The van der Waals surface area contributed by atoms with Crippen molar-refractivity contribution in [1.82, 2.24) is 4.57 Å². The van der Waals surface area contributed by atoms with Gasteiger partial charge >= 0.3 is 0 Å². The van der Waals surface area contributed by atoms with Crippen molar-refractivity contribution in [2.75, 3.05) is 0 Å². The van der Waals surface area contributed by atoms with Crippen molar-refractivity contribution in [3.8, 4) is 0 Å². The Bertz CT molecular complexity index is 785. The van der Waals surface area contributed by atoms with Gasteiger partial charge in [0.05, 0.1) is 9.90 Å². The first kappa shape index (κ1) is 12.5. The van der Waals surface area contributed by atoms with Crippen molar-refractivity contribution >= 4 is 39.6 Å². The number of halogens is 1. The molecule has 0 amide bonds. The van der Waals surface area contributed by atoms with Crippen LogP contribution < -0.4 is 0 Å². The van der Waals surface area contributed by atoms with Crippen LogP contribution in [0.5, 0.6) is 0 Å². The predicted molar refractivity (Wildman–Crippen MR) is 80.4 cm³/mol. The number of fused-ring (bicyclic) bond motifs is 1. The second-order valence-electron chi connectivity index (χ2n) is 4.56. The number of rotatable bonds is 2. The van der Waals surface area contributed by atoms with Gasteiger partial charge in [0.25, 0.3) is 0 Å². The summed E-state index contributed by atoms with van der Waals surface area (Å²) in [5.74, 6) is -0.0000926. The molecule has 96 valence electrons. The third kappa shape index (κ3) is 1.90. The highest BCUT2D eigenvalue weighted by Crippen LogP contribution is 2.31. The van der Waals surface area contributed by atoms with E-state index in [0.29, 0.717) is 15.5 Å². The molecule has 2 nitrogen and oxygen atoms in total. The van der Waals surface area contributed by atoms with Crippen LogP contribution in [0.2, 0.25) is 5.02 Å². The average Bonchev–Trinajstić information content (AvgIpc) is 2.92. The average molecular weight is 290 g/mol. The summed E-state index contributed by atoms with van der Waals surface area (Å²) in [5.41, 5.74) is 2.72. The largest absolute Gasteiger partial charge is 0.350 e. The van der Waals surface area contributed by atoms with Crippen LogP contribution in [0, 0.1) is 6.92 Å². The van der Waals surface area contributed by atoms with Crippen molar-refractivity contribution in [3.05, 3.63) is 56.9 Å². The summed E-state index contributed by atoms with van der Waals surface area (Å²) in [6.07, 6.45) is 1.87. The highest BCUT2D eigenvalue weighted by molar-refractivity contribution is 7.13. The quantitative estimate of drug-likeness (QED) is 0.640. The monoisotopic (exact) mass is 289 g/mol. The standard InChI is InChI=1S/C15H12ClNOS/c1-9-8-19-15(13(9)16)14(18)11-7-17(2)12-6-4-3-5-10(11)12/h3-8H,1-2H3. The summed E-state index contributed by atoms with van der Waals surface area (Å²) < 4.78 is 1.97. The third-order valence-corrected chi connectivity index (χ3v) is 4.94. The first-order valence-corrected chi connectivity index (χ1v) is 7.17. The lowest BCUT2D eigenvalue weighted by Crippen LogP contribution is -1.98. The van der Waals surface area contributed by atoms with Gasteiger partial charge in [-0.3, -0.25) is 4.79 Å². The molecule has 0 aliphatic rings. The molecule has 0 N–H and O–H groups in total. The number of benzene rings is 1. The van der Waals surface area contributed by atoms with E-state index in [2.05, 4.69) is 0 Å². The van der Waals surface area contributed by atoms with Gasteiger partial charge in [-0.15, -0.1) is 11.3 Å². The highest BCUT2D eigenvalue weighted by Gasteiger charge is 2.20. The van der Waals surface area contributed by atoms with E-state index in [-0.39, 0.29) is 5.78 Å². The van der Waals surface area contributed by atoms with Gasteiger partial charge in [0.1, 0.15) is 0 Å². The summed E-state index contributed by atoms with van der Waals surface area (Å²) >= 11 is 7.60. The van der Waals surface area contributed by atoms with Crippen molar-refractivity contribution in [2.45, 2.75) is 6.92 Å². The fraction of sp³-hybridized carbons (Fsp3) is 0.133. The van der Waals surface area contributed by atoms with Crippen LogP contribution in [0.25, 0.3) is 10.9 Å². The number of ketones is 1. The number of carbonyl (C=O) groups is 1. The normalized spacial score (nSPS) is 11.1. The molecular weight excluding hydrogens is 278 g/mol. The van der Waals surface area contributed by atoms with E-state index in [1.165, 1.54) is 11.3 Å². The van der Waals surface area contributed by atoms with E-state index in [0.717, 1.165) is 16.5 Å². The Labute approximate surface area is 120 Å². The molecule has 0 atom stereocenters. The number of aryl methyl sites for hydroxylation is 2. The van der Waals surface area contributed by atoms with Gasteiger partial charge in [0, 0.05) is 29.7 Å². The first-order valence-electron chi connectivity index (χ1n) is 5.92. The lowest BCUT2D eigenvalue weighted by molar-refractivity contribution is 0.104.